The van der Waals surface area contributed by atoms with E-state index in [1.54, 1.807) is 12.1 Å². The number of amides is 1. The lowest BCUT2D eigenvalue weighted by Crippen LogP contribution is -2.42. The van der Waals surface area contributed by atoms with Gasteiger partial charge in [0.2, 0.25) is 5.91 Å². The van der Waals surface area contributed by atoms with Gasteiger partial charge >= 0.3 is 0 Å². The van der Waals surface area contributed by atoms with Crippen molar-refractivity contribution in [2.24, 2.45) is 5.73 Å². The third kappa shape index (κ3) is 3.55. The molecule has 88 valence electrons. The molecule has 1 aromatic carbocycles. The van der Waals surface area contributed by atoms with Crippen molar-refractivity contribution in [3.05, 3.63) is 34.1 Å². The third-order valence-electron chi connectivity index (χ3n) is 1.99. The zero-order valence-corrected chi connectivity index (χ0v) is 10.00. The van der Waals surface area contributed by atoms with E-state index in [9.17, 15) is 9.18 Å². The number of carbonyl (C=O) groups is 1. The molecule has 0 radical (unpaired) electrons. The number of carbonyl (C=O) groups excluding carboxylic acids is 1. The van der Waals surface area contributed by atoms with E-state index in [1.807, 2.05) is 0 Å². The molecule has 4 N–H and O–H groups in total. The van der Waals surface area contributed by atoms with E-state index in [0.29, 0.717) is 5.56 Å². The molecule has 0 aliphatic carbocycles. The lowest BCUT2D eigenvalue weighted by atomic mass is 10.2. The quantitative estimate of drug-likeness (QED) is 0.757. The van der Waals surface area contributed by atoms with Crippen molar-refractivity contribution in [1.82, 2.24) is 5.32 Å². The highest BCUT2D eigenvalue weighted by atomic mass is 79.9. The number of hydrogen-bond acceptors (Lipinski definition) is 3. The monoisotopic (exact) mass is 290 g/mol. The van der Waals surface area contributed by atoms with Crippen molar-refractivity contribution >= 4 is 21.8 Å². The molecule has 0 heterocycles. The minimum Gasteiger partial charge on any atom is -0.394 e. The number of nitrogens with one attached hydrogen (secondary N) is 1. The molecule has 0 saturated carbocycles. The Morgan fingerprint density at radius 1 is 1.62 bits per heavy atom. The summed E-state index contributed by atoms with van der Waals surface area (Å²) in [5, 5.41) is 11.1. The van der Waals surface area contributed by atoms with E-state index < -0.39 is 24.4 Å². The van der Waals surface area contributed by atoms with Crippen molar-refractivity contribution in [2.75, 3.05) is 6.61 Å². The molecule has 0 spiro atoms. The standard InChI is InChI=1S/C10H12BrFN2O2/c11-7-1-2-8(12)6(3-7)4-14-10(16)9(13)5-15/h1-3,9,15H,4-5,13H2,(H,14,16). The van der Waals surface area contributed by atoms with Gasteiger partial charge in [0.25, 0.3) is 0 Å². The van der Waals surface area contributed by atoms with E-state index in [2.05, 4.69) is 21.2 Å². The van der Waals surface area contributed by atoms with Crippen molar-refractivity contribution in [1.29, 1.82) is 0 Å². The van der Waals surface area contributed by atoms with Crippen LogP contribution in [0.2, 0.25) is 0 Å². The number of rotatable bonds is 4. The van der Waals surface area contributed by atoms with Gasteiger partial charge in [-0.3, -0.25) is 4.79 Å². The summed E-state index contributed by atoms with van der Waals surface area (Å²) in [6, 6.07) is 3.47. The van der Waals surface area contributed by atoms with Crippen LogP contribution < -0.4 is 11.1 Å². The van der Waals surface area contributed by atoms with Crippen molar-refractivity contribution in [2.45, 2.75) is 12.6 Å². The minimum absolute atomic E-state index is 0.0395. The molecule has 1 unspecified atom stereocenters. The zero-order chi connectivity index (χ0) is 12.1. The highest BCUT2D eigenvalue weighted by Gasteiger charge is 2.12. The SMILES string of the molecule is NC(CO)C(=O)NCc1cc(Br)ccc1F. The van der Waals surface area contributed by atoms with E-state index in [-0.39, 0.29) is 6.54 Å². The van der Waals surface area contributed by atoms with Crippen LogP contribution in [0.1, 0.15) is 5.56 Å². The number of aliphatic hydroxyl groups excluding tert-OH is 1. The molecule has 0 bridgehead atoms. The van der Waals surface area contributed by atoms with Crippen molar-refractivity contribution in [3.63, 3.8) is 0 Å². The normalized spacial score (nSPS) is 12.2. The first kappa shape index (κ1) is 13.1. The molecule has 1 atom stereocenters. The van der Waals surface area contributed by atoms with Crippen LogP contribution in [0.25, 0.3) is 0 Å². The Morgan fingerprint density at radius 3 is 2.94 bits per heavy atom. The minimum atomic E-state index is -0.977. The predicted octanol–water partition coefficient (Wildman–Crippen LogP) is 0.524. The number of nitrogens with two attached hydrogens (primary N) is 1. The Labute approximate surface area is 101 Å². The maximum atomic E-state index is 13.3. The van der Waals surface area contributed by atoms with Gasteiger partial charge in [-0.05, 0) is 18.2 Å². The van der Waals surface area contributed by atoms with Crippen LogP contribution >= 0.6 is 15.9 Å². The van der Waals surface area contributed by atoms with Gasteiger partial charge in [0.05, 0.1) is 6.61 Å². The predicted molar refractivity (Wildman–Crippen MR) is 61.0 cm³/mol. The second-order valence-corrected chi connectivity index (χ2v) is 4.16. The molecule has 0 fully saturated rings. The Balaban J connectivity index is 2.61. The first-order valence-corrected chi connectivity index (χ1v) is 5.42. The Bertz CT molecular complexity index is 387. The molecule has 1 rings (SSSR count). The van der Waals surface area contributed by atoms with Crippen molar-refractivity contribution in [3.8, 4) is 0 Å². The fourth-order valence-electron chi connectivity index (χ4n) is 1.08. The van der Waals surface area contributed by atoms with Crippen LogP contribution in [0, 0.1) is 5.82 Å². The number of halogens is 2. The smallest absolute Gasteiger partial charge is 0.239 e. The average Bonchev–Trinajstić information content (AvgIpc) is 2.28. The molecular weight excluding hydrogens is 279 g/mol. The largest absolute Gasteiger partial charge is 0.394 e. The Kier molecular flexibility index (Phi) is 4.85. The maximum Gasteiger partial charge on any atom is 0.239 e. The summed E-state index contributed by atoms with van der Waals surface area (Å²) >= 11 is 3.20. The van der Waals surface area contributed by atoms with Gasteiger partial charge in [-0.25, -0.2) is 4.39 Å². The highest BCUT2D eigenvalue weighted by molar-refractivity contribution is 9.10. The number of aliphatic hydroxyl groups is 1. The summed E-state index contributed by atoms with van der Waals surface area (Å²) < 4.78 is 14.0. The van der Waals surface area contributed by atoms with Gasteiger partial charge < -0.3 is 16.2 Å². The molecule has 1 aromatic rings. The summed E-state index contributed by atoms with van der Waals surface area (Å²) in [5.41, 5.74) is 5.64. The van der Waals surface area contributed by atoms with Crippen molar-refractivity contribution < 1.29 is 14.3 Å². The topological polar surface area (TPSA) is 75.3 Å². The Morgan fingerprint density at radius 2 is 2.31 bits per heavy atom. The lowest BCUT2D eigenvalue weighted by Gasteiger charge is -2.10. The van der Waals surface area contributed by atoms with Gasteiger partial charge in [0.15, 0.2) is 0 Å². The van der Waals surface area contributed by atoms with Gasteiger partial charge in [0, 0.05) is 16.6 Å². The molecule has 0 aliphatic heterocycles. The van der Waals surface area contributed by atoms with Crippen LogP contribution in [0.15, 0.2) is 22.7 Å². The highest BCUT2D eigenvalue weighted by Crippen LogP contribution is 2.15. The second kappa shape index (κ2) is 5.93. The van der Waals surface area contributed by atoms with Crippen LogP contribution in [-0.4, -0.2) is 23.7 Å². The van der Waals surface area contributed by atoms with Crippen LogP contribution in [0.4, 0.5) is 4.39 Å². The van der Waals surface area contributed by atoms with E-state index in [1.165, 1.54) is 6.07 Å². The van der Waals surface area contributed by atoms with E-state index >= 15 is 0 Å². The van der Waals surface area contributed by atoms with Gasteiger partial charge in [0.1, 0.15) is 11.9 Å². The summed E-state index contributed by atoms with van der Waals surface area (Å²) in [6.45, 7) is -0.398. The first-order valence-electron chi connectivity index (χ1n) is 4.62. The molecule has 0 aromatic heterocycles. The lowest BCUT2D eigenvalue weighted by molar-refractivity contribution is -0.123. The van der Waals surface area contributed by atoms with Gasteiger partial charge in [-0.15, -0.1) is 0 Å². The number of benzene rings is 1. The fraction of sp³-hybridized carbons (Fsp3) is 0.300. The van der Waals surface area contributed by atoms with E-state index in [4.69, 9.17) is 10.8 Å². The van der Waals surface area contributed by atoms with Gasteiger partial charge in [-0.2, -0.15) is 0 Å². The molecule has 1 amide bonds. The summed E-state index contributed by atoms with van der Waals surface area (Å²) in [7, 11) is 0. The average molecular weight is 291 g/mol. The second-order valence-electron chi connectivity index (χ2n) is 3.24. The third-order valence-corrected chi connectivity index (χ3v) is 2.49. The van der Waals surface area contributed by atoms with Crippen LogP contribution in [-0.2, 0) is 11.3 Å². The molecule has 16 heavy (non-hydrogen) atoms. The molecule has 0 saturated heterocycles. The number of hydrogen-bond donors (Lipinski definition) is 3. The van der Waals surface area contributed by atoms with Crippen LogP contribution in [0.3, 0.4) is 0 Å². The molecule has 6 heteroatoms. The zero-order valence-electron chi connectivity index (χ0n) is 8.41. The summed E-state index contributed by atoms with van der Waals surface area (Å²) in [5.74, 6) is -0.914. The van der Waals surface area contributed by atoms with Gasteiger partial charge in [-0.1, -0.05) is 15.9 Å². The fourth-order valence-corrected chi connectivity index (χ4v) is 1.48. The maximum absolute atomic E-state index is 13.3. The first-order chi connectivity index (χ1) is 7.54. The summed E-state index contributed by atoms with van der Waals surface area (Å²) in [4.78, 5) is 11.2. The van der Waals surface area contributed by atoms with Crippen LogP contribution in [0.5, 0.6) is 0 Å². The van der Waals surface area contributed by atoms with E-state index in [0.717, 1.165) is 4.47 Å². The molecule has 4 nitrogen and oxygen atoms in total. The molecule has 0 aliphatic rings. The molecular formula is C10H12BrFN2O2. The Hall–Kier alpha value is -0.980. The summed E-state index contributed by atoms with van der Waals surface area (Å²) in [6.07, 6.45) is 0.